The Kier molecular flexibility index (Phi) is 11.2. The van der Waals surface area contributed by atoms with Crippen LogP contribution < -0.4 is 20.4 Å². The van der Waals surface area contributed by atoms with E-state index in [2.05, 4.69) is 18.2 Å². The molecule has 1 saturated heterocycles. The van der Waals surface area contributed by atoms with E-state index < -0.39 is 30.6 Å². The van der Waals surface area contributed by atoms with Crippen LogP contribution in [0.3, 0.4) is 0 Å². The highest BCUT2D eigenvalue weighted by molar-refractivity contribution is 6.91. The van der Waals surface area contributed by atoms with Crippen molar-refractivity contribution >= 4 is 47.2 Å². The summed E-state index contributed by atoms with van der Waals surface area (Å²) in [7, 11) is -1.07. The predicted molar refractivity (Wildman–Crippen MR) is 235 cm³/mol. The number of amides is 2. The first-order valence-corrected chi connectivity index (χ1v) is 23.4. The number of ether oxygens (including phenoxy) is 2. The number of carbonyl (C=O) groups is 2. The maximum Gasteiger partial charge on any atom is 0.279 e. The first-order valence-electron chi connectivity index (χ1n) is 20.3. The average molecular weight is 838 g/mol. The lowest BCUT2D eigenvalue weighted by Crippen LogP contribution is -2.52. The fourth-order valence-corrected chi connectivity index (χ4v) is 13.5. The Morgan fingerprint density at radius 1 is 0.951 bits per heavy atom. The molecule has 5 aromatic carbocycles. The molecule has 0 aliphatic carbocycles. The highest BCUT2D eigenvalue weighted by Crippen LogP contribution is 2.60. The Labute approximate surface area is 353 Å². The van der Waals surface area contributed by atoms with Gasteiger partial charge in [0.25, 0.3) is 17.2 Å². The summed E-state index contributed by atoms with van der Waals surface area (Å²) in [6.45, 7) is 6.64. The number of hydrogen-bond donors (Lipinski definition) is 1. The fraction of sp³-hybridized carbons (Fsp3) is 0.277. The van der Waals surface area contributed by atoms with Crippen molar-refractivity contribution in [1.82, 2.24) is 14.7 Å². The van der Waals surface area contributed by atoms with Crippen molar-refractivity contribution < 1.29 is 29.1 Å². The van der Waals surface area contributed by atoms with E-state index in [-0.39, 0.29) is 61.3 Å². The first kappa shape index (κ1) is 41.3. The molecule has 1 N–H and O–H groups in total. The van der Waals surface area contributed by atoms with E-state index in [1.807, 2.05) is 85.8 Å². The maximum absolute atomic E-state index is 15.4. The van der Waals surface area contributed by atoms with Gasteiger partial charge >= 0.3 is 0 Å². The van der Waals surface area contributed by atoms with Crippen molar-refractivity contribution in [3.63, 3.8) is 0 Å². The zero-order chi connectivity index (χ0) is 43.1. The number of nitro benzene ring substituents is 1. The lowest BCUT2D eigenvalue weighted by Gasteiger charge is -2.37. The summed E-state index contributed by atoms with van der Waals surface area (Å²) in [5, 5.41) is 29.1. The van der Waals surface area contributed by atoms with E-state index in [4.69, 9.17) is 9.47 Å². The van der Waals surface area contributed by atoms with Gasteiger partial charge in [0, 0.05) is 42.1 Å². The van der Waals surface area contributed by atoms with Crippen molar-refractivity contribution in [2.24, 2.45) is 5.92 Å². The lowest BCUT2D eigenvalue weighted by molar-refractivity contribution is -0.385. The molecule has 1 spiro atoms. The molecule has 4 atom stereocenters. The van der Waals surface area contributed by atoms with Crippen LogP contribution in [0.5, 0.6) is 5.75 Å². The molecule has 13 nitrogen and oxygen atoms in total. The average Bonchev–Trinajstić information content (AvgIpc) is 3.69. The van der Waals surface area contributed by atoms with Crippen LogP contribution >= 0.6 is 0 Å². The second-order valence-electron chi connectivity index (χ2n) is 16.4. The molecule has 2 aliphatic rings. The molecule has 0 radical (unpaired) electrons. The molecule has 3 heterocycles. The van der Waals surface area contributed by atoms with Gasteiger partial charge in [-0.2, -0.15) is 9.78 Å². The van der Waals surface area contributed by atoms with Gasteiger partial charge in [-0.1, -0.05) is 98.0 Å². The molecule has 1 aromatic heterocycles. The number of nitrogens with zero attached hydrogens (tertiary/aromatic N) is 5. The topological polar surface area (TPSA) is 157 Å². The van der Waals surface area contributed by atoms with E-state index in [0.717, 1.165) is 21.7 Å². The number of carbonyl (C=O) groups excluding carboxylic acids is 2. The Bertz CT molecular complexity index is 2670. The summed E-state index contributed by atoms with van der Waals surface area (Å²) < 4.78 is 13.9. The molecule has 0 unspecified atom stereocenters. The molecule has 0 saturated carbocycles. The van der Waals surface area contributed by atoms with Gasteiger partial charge < -0.3 is 24.4 Å². The van der Waals surface area contributed by atoms with Gasteiger partial charge in [0.2, 0.25) is 5.91 Å². The molecular formula is C47H47N5O8Si. The Morgan fingerprint density at radius 3 is 2.34 bits per heavy atom. The fourth-order valence-electron chi connectivity index (χ4n) is 9.49. The number of fused-ring (bicyclic) bond motifs is 3. The zero-order valence-electron chi connectivity index (χ0n) is 34.4. The van der Waals surface area contributed by atoms with Gasteiger partial charge in [-0.05, 0) is 53.1 Å². The smallest absolute Gasteiger partial charge is 0.279 e. The lowest BCUT2D eigenvalue weighted by atomic mass is 9.82. The SMILES string of the molecule is COc1ccc([Si](C)(C)[C@H]2[C@H](CC(=O)N(CCO)Cc3ccccc3)O[C@@]3(C(=O)N(Cc4ccc(-n5ncc6ccccc6c5=O)cc4)c4ccc([N+](=O)[O-])cc43)[C@@H]2C)cc1. The minimum absolute atomic E-state index is 0.0721. The summed E-state index contributed by atoms with van der Waals surface area (Å²) >= 11 is 0. The van der Waals surface area contributed by atoms with Crippen LogP contribution in [-0.2, 0) is 33.0 Å². The van der Waals surface area contributed by atoms with Gasteiger partial charge in [0.15, 0.2) is 5.60 Å². The van der Waals surface area contributed by atoms with Gasteiger partial charge in [0.05, 0.1) is 68.7 Å². The molecule has 6 aromatic rings. The summed E-state index contributed by atoms with van der Waals surface area (Å²) in [6, 6.07) is 36.3. The number of benzene rings is 5. The molecule has 8 rings (SSSR count). The third-order valence-corrected chi connectivity index (χ3v) is 16.9. The number of methoxy groups -OCH3 is 1. The number of aliphatic hydroxyl groups excluding tert-OH is 1. The standard InChI is InChI=1S/C47H47N5O8Si/c1-31-44(61(3,4)38-21-19-37(59-2)20-22-38)42(27-43(54)49(24-25-53)29-32-10-6-5-7-11-32)60-47(31)40-26-36(52(57)58)18-23-41(40)50(46(47)56)30-33-14-16-35(17-15-33)51-45(55)39-13-9-8-12-34(39)28-48-51/h5-23,26,28,31,42,44,53H,24-25,27,29-30H2,1-4H3/t31-,42+,44-,47+/m1/s1. The second-order valence-corrected chi connectivity index (χ2v) is 21.0. The molecule has 2 amide bonds. The molecule has 14 heteroatoms. The molecule has 2 aliphatic heterocycles. The monoisotopic (exact) mass is 837 g/mol. The van der Waals surface area contributed by atoms with Crippen LogP contribution in [0.25, 0.3) is 16.5 Å². The van der Waals surface area contributed by atoms with Crippen LogP contribution in [0.4, 0.5) is 11.4 Å². The predicted octanol–water partition coefficient (Wildman–Crippen LogP) is 6.48. The summed E-state index contributed by atoms with van der Waals surface area (Å²) in [5.41, 5.74) is 0.666. The molecule has 312 valence electrons. The quantitative estimate of drug-likeness (QED) is 0.0782. The van der Waals surface area contributed by atoms with Crippen molar-refractivity contribution in [3.05, 3.63) is 165 Å². The third-order valence-electron chi connectivity index (χ3n) is 12.6. The number of aromatic nitrogens is 2. The number of non-ortho nitro benzene ring substituents is 1. The van der Waals surface area contributed by atoms with E-state index in [1.165, 1.54) is 16.8 Å². The molecule has 0 bridgehead atoms. The number of aliphatic hydroxyl groups is 1. The summed E-state index contributed by atoms with van der Waals surface area (Å²) in [5.74, 6) is -0.438. The minimum Gasteiger partial charge on any atom is -0.497 e. The van der Waals surface area contributed by atoms with Crippen molar-refractivity contribution in [1.29, 1.82) is 0 Å². The zero-order valence-corrected chi connectivity index (χ0v) is 35.4. The largest absolute Gasteiger partial charge is 0.497 e. The van der Waals surface area contributed by atoms with Crippen molar-refractivity contribution in [3.8, 4) is 11.4 Å². The van der Waals surface area contributed by atoms with Crippen LogP contribution in [0.2, 0.25) is 18.6 Å². The van der Waals surface area contributed by atoms with Crippen LogP contribution in [0, 0.1) is 16.0 Å². The van der Waals surface area contributed by atoms with Crippen LogP contribution in [0.15, 0.2) is 132 Å². The molecular weight excluding hydrogens is 791 g/mol. The van der Waals surface area contributed by atoms with E-state index >= 15 is 4.79 Å². The summed E-state index contributed by atoms with van der Waals surface area (Å²) in [4.78, 5) is 58.2. The van der Waals surface area contributed by atoms with Gasteiger partial charge in [-0.25, -0.2) is 0 Å². The van der Waals surface area contributed by atoms with Gasteiger partial charge in [-0.15, -0.1) is 0 Å². The van der Waals surface area contributed by atoms with Gasteiger partial charge in [0.1, 0.15) is 5.75 Å². The van der Waals surface area contributed by atoms with Crippen molar-refractivity contribution in [2.75, 3.05) is 25.2 Å². The number of nitro groups is 1. The van der Waals surface area contributed by atoms with Crippen LogP contribution in [0.1, 0.15) is 30.0 Å². The normalized spacial score (nSPS) is 19.7. The highest BCUT2D eigenvalue weighted by atomic mass is 28.3. The minimum atomic E-state index is -2.68. The van der Waals surface area contributed by atoms with Crippen molar-refractivity contribution in [2.45, 2.75) is 56.8 Å². The van der Waals surface area contributed by atoms with E-state index in [0.29, 0.717) is 28.1 Å². The van der Waals surface area contributed by atoms with E-state index in [9.17, 15) is 24.8 Å². The Morgan fingerprint density at radius 2 is 1.66 bits per heavy atom. The Hall–Kier alpha value is -6.48. The molecule has 1 fully saturated rings. The number of anilines is 1. The maximum atomic E-state index is 15.4. The number of hydrogen-bond acceptors (Lipinski definition) is 9. The Balaban J connectivity index is 1.18. The number of rotatable bonds is 13. The third kappa shape index (κ3) is 7.40. The van der Waals surface area contributed by atoms with Gasteiger partial charge in [-0.3, -0.25) is 24.5 Å². The van der Waals surface area contributed by atoms with Crippen LogP contribution in [-0.4, -0.2) is 71.0 Å². The van der Waals surface area contributed by atoms with E-state index in [1.54, 1.807) is 53.4 Å². The first-order chi connectivity index (χ1) is 29.4. The second kappa shape index (κ2) is 16.5. The summed E-state index contributed by atoms with van der Waals surface area (Å²) in [6.07, 6.45) is 0.815. The molecule has 61 heavy (non-hydrogen) atoms. The highest BCUT2D eigenvalue weighted by Gasteiger charge is 2.66.